The van der Waals surface area contributed by atoms with Gasteiger partial charge in [-0.3, -0.25) is 0 Å². The molecule has 88 valence electrons. The van der Waals surface area contributed by atoms with Gasteiger partial charge in [0.05, 0.1) is 4.90 Å². The van der Waals surface area contributed by atoms with E-state index in [1.807, 2.05) is 6.92 Å². The molecule has 0 aromatic heterocycles. The summed E-state index contributed by atoms with van der Waals surface area (Å²) in [7, 11) is -3.35. The lowest BCUT2D eigenvalue weighted by Gasteiger charge is -2.15. The van der Waals surface area contributed by atoms with Crippen molar-refractivity contribution in [3.63, 3.8) is 0 Å². The van der Waals surface area contributed by atoms with Crippen molar-refractivity contribution in [2.45, 2.75) is 17.9 Å². The second-order valence-corrected chi connectivity index (χ2v) is 6.21. The van der Waals surface area contributed by atoms with Gasteiger partial charge in [-0.05, 0) is 18.1 Å². The number of benzene rings is 1. The van der Waals surface area contributed by atoms with E-state index in [1.54, 1.807) is 30.3 Å². The Morgan fingerprint density at radius 2 is 1.88 bits per heavy atom. The average molecular weight is 240 g/mol. The van der Waals surface area contributed by atoms with E-state index in [2.05, 4.69) is 0 Å². The van der Waals surface area contributed by atoms with Crippen molar-refractivity contribution in [2.24, 2.45) is 11.7 Å². The third-order valence-corrected chi connectivity index (χ3v) is 4.86. The van der Waals surface area contributed by atoms with Crippen LogP contribution < -0.4 is 5.73 Å². The van der Waals surface area contributed by atoms with E-state index in [4.69, 9.17) is 5.73 Å². The van der Waals surface area contributed by atoms with Gasteiger partial charge in [-0.1, -0.05) is 25.1 Å². The smallest absolute Gasteiger partial charge is 0.243 e. The van der Waals surface area contributed by atoms with Gasteiger partial charge in [0.15, 0.2) is 0 Å². The Labute approximate surface area is 96.1 Å². The molecule has 0 bridgehead atoms. The molecule has 0 aliphatic carbocycles. The van der Waals surface area contributed by atoms with Gasteiger partial charge in [-0.25, -0.2) is 8.42 Å². The van der Waals surface area contributed by atoms with E-state index in [9.17, 15) is 8.42 Å². The summed E-state index contributed by atoms with van der Waals surface area (Å²) in [6.45, 7) is 2.90. The number of rotatable bonds is 2. The van der Waals surface area contributed by atoms with Crippen LogP contribution in [0.1, 0.15) is 6.92 Å². The van der Waals surface area contributed by atoms with Crippen LogP contribution in [0.3, 0.4) is 0 Å². The van der Waals surface area contributed by atoms with E-state index in [1.165, 1.54) is 4.31 Å². The maximum Gasteiger partial charge on any atom is 0.243 e. The van der Waals surface area contributed by atoms with Gasteiger partial charge in [-0.2, -0.15) is 4.31 Å². The van der Waals surface area contributed by atoms with Crippen molar-refractivity contribution in [1.29, 1.82) is 0 Å². The lowest BCUT2D eigenvalue weighted by atomic mass is 10.1. The Balaban J connectivity index is 2.28. The van der Waals surface area contributed by atoms with E-state index in [0.29, 0.717) is 18.0 Å². The maximum absolute atomic E-state index is 12.2. The summed E-state index contributed by atoms with van der Waals surface area (Å²) in [5.41, 5.74) is 5.84. The zero-order valence-corrected chi connectivity index (χ0v) is 10.0. The van der Waals surface area contributed by atoms with Gasteiger partial charge in [0, 0.05) is 19.1 Å². The number of hydrogen-bond acceptors (Lipinski definition) is 3. The van der Waals surface area contributed by atoms with Gasteiger partial charge >= 0.3 is 0 Å². The molecule has 1 aromatic rings. The second kappa shape index (κ2) is 4.16. The van der Waals surface area contributed by atoms with E-state index >= 15 is 0 Å². The van der Waals surface area contributed by atoms with Crippen LogP contribution in [0, 0.1) is 5.92 Å². The fourth-order valence-corrected chi connectivity index (χ4v) is 3.48. The van der Waals surface area contributed by atoms with Crippen molar-refractivity contribution in [3.05, 3.63) is 30.3 Å². The van der Waals surface area contributed by atoms with Crippen LogP contribution in [0.2, 0.25) is 0 Å². The highest BCUT2D eigenvalue weighted by molar-refractivity contribution is 7.89. The minimum Gasteiger partial charge on any atom is -0.326 e. The number of nitrogens with zero attached hydrogens (tertiary/aromatic N) is 1. The molecule has 4 nitrogen and oxygen atoms in total. The lowest BCUT2D eigenvalue weighted by molar-refractivity contribution is 0.464. The third-order valence-electron chi connectivity index (χ3n) is 3.02. The van der Waals surface area contributed by atoms with E-state index in [-0.39, 0.29) is 12.0 Å². The molecule has 2 unspecified atom stereocenters. The second-order valence-electron chi connectivity index (χ2n) is 4.28. The molecule has 1 aliphatic heterocycles. The van der Waals surface area contributed by atoms with Crippen molar-refractivity contribution in [1.82, 2.24) is 4.31 Å². The first kappa shape index (κ1) is 11.6. The molecule has 2 rings (SSSR count). The van der Waals surface area contributed by atoms with Crippen molar-refractivity contribution in [3.8, 4) is 0 Å². The minimum atomic E-state index is -3.35. The van der Waals surface area contributed by atoms with E-state index in [0.717, 1.165) is 0 Å². The summed E-state index contributed by atoms with van der Waals surface area (Å²) < 4.78 is 25.9. The van der Waals surface area contributed by atoms with Crippen LogP contribution in [-0.2, 0) is 10.0 Å². The number of sulfonamides is 1. The molecule has 1 heterocycles. The van der Waals surface area contributed by atoms with Gasteiger partial charge in [0.25, 0.3) is 0 Å². The summed E-state index contributed by atoms with van der Waals surface area (Å²) in [6.07, 6.45) is 0. The Morgan fingerprint density at radius 1 is 1.25 bits per heavy atom. The SMILES string of the molecule is CC1CN(S(=O)(=O)c2ccccc2)CC1N. The molecule has 0 saturated carbocycles. The van der Waals surface area contributed by atoms with Crippen LogP contribution in [0.5, 0.6) is 0 Å². The zero-order chi connectivity index (χ0) is 11.8. The zero-order valence-electron chi connectivity index (χ0n) is 9.20. The first-order chi connectivity index (χ1) is 7.51. The molecule has 2 atom stereocenters. The molecule has 1 aromatic carbocycles. The molecule has 5 heteroatoms. The molecule has 16 heavy (non-hydrogen) atoms. The van der Waals surface area contributed by atoms with Crippen LogP contribution in [0.4, 0.5) is 0 Å². The number of nitrogens with two attached hydrogens (primary N) is 1. The Hall–Kier alpha value is -0.910. The Bertz CT molecular complexity index is 448. The molecular weight excluding hydrogens is 224 g/mol. The molecule has 0 amide bonds. The predicted molar refractivity (Wildman–Crippen MR) is 62.3 cm³/mol. The first-order valence-corrected chi connectivity index (χ1v) is 6.76. The number of hydrogen-bond donors (Lipinski definition) is 1. The molecule has 2 N–H and O–H groups in total. The van der Waals surface area contributed by atoms with Crippen LogP contribution >= 0.6 is 0 Å². The van der Waals surface area contributed by atoms with Crippen LogP contribution in [-0.4, -0.2) is 31.9 Å². The maximum atomic E-state index is 12.2. The minimum absolute atomic E-state index is 0.0570. The van der Waals surface area contributed by atoms with Gasteiger partial charge in [-0.15, -0.1) is 0 Å². The lowest BCUT2D eigenvalue weighted by Crippen LogP contribution is -2.32. The van der Waals surface area contributed by atoms with Crippen molar-refractivity contribution >= 4 is 10.0 Å². The van der Waals surface area contributed by atoms with Crippen LogP contribution in [0.15, 0.2) is 35.2 Å². The quantitative estimate of drug-likeness (QED) is 0.825. The third kappa shape index (κ3) is 1.98. The standard InChI is InChI=1S/C11H16N2O2S/c1-9-7-13(8-11(9)12)16(14,15)10-5-3-2-4-6-10/h2-6,9,11H,7-8,12H2,1H3. The highest BCUT2D eigenvalue weighted by atomic mass is 32.2. The van der Waals surface area contributed by atoms with Gasteiger partial charge in [0.1, 0.15) is 0 Å². The summed E-state index contributed by atoms with van der Waals surface area (Å²) in [6, 6.07) is 8.43. The largest absolute Gasteiger partial charge is 0.326 e. The average Bonchev–Trinajstić information content (AvgIpc) is 2.61. The molecule has 0 spiro atoms. The monoisotopic (exact) mass is 240 g/mol. The fraction of sp³-hybridized carbons (Fsp3) is 0.455. The van der Waals surface area contributed by atoms with Crippen LogP contribution in [0.25, 0.3) is 0 Å². The van der Waals surface area contributed by atoms with Crippen molar-refractivity contribution in [2.75, 3.05) is 13.1 Å². The molecule has 1 saturated heterocycles. The summed E-state index contributed by atoms with van der Waals surface area (Å²) in [5, 5.41) is 0. The molecule has 1 fully saturated rings. The van der Waals surface area contributed by atoms with Crippen molar-refractivity contribution < 1.29 is 8.42 Å². The molecular formula is C11H16N2O2S. The highest BCUT2D eigenvalue weighted by Gasteiger charge is 2.35. The molecule has 1 aliphatic rings. The normalized spacial score (nSPS) is 27.1. The summed E-state index contributed by atoms with van der Waals surface area (Å²) in [4.78, 5) is 0.344. The van der Waals surface area contributed by atoms with Gasteiger partial charge < -0.3 is 5.73 Å². The molecule has 0 radical (unpaired) electrons. The summed E-state index contributed by atoms with van der Waals surface area (Å²) >= 11 is 0. The first-order valence-electron chi connectivity index (χ1n) is 5.32. The van der Waals surface area contributed by atoms with E-state index < -0.39 is 10.0 Å². The Kier molecular flexibility index (Phi) is 3.01. The fourth-order valence-electron chi connectivity index (χ4n) is 1.88. The summed E-state index contributed by atoms with van der Waals surface area (Å²) in [5.74, 6) is 0.221. The Morgan fingerprint density at radius 3 is 2.38 bits per heavy atom. The topological polar surface area (TPSA) is 63.4 Å². The highest BCUT2D eigenvalue weighted by Crippen LogP contribution is 2.23. The van der Waals surface area contributed by atoms with Gasteiger partial charge in [0.2, 0.25) is 10.0 Å². The predicted octanol–water partition coefficient (Wildman–Crippen LogP) is 0.654.